The standard InChI is InChI=1S/C26H21BrF4N4O5/c1-2-39-22-11-15(13-32-35-25(38)24(37)33-18-7-5-17(28)6-8-18)3-10-21(22)40-14-23(36)34-20-9-4-16(27)12-19(20)26(29,30)31/h3-13H,2,14H2,1H3,(H,33,37)(H,34,36)(H,35,38)/b32-13-. The number of alkyl halides is 3. The minimum Gasteiger partial charge on any atom is -0.490 e. The first-order chi connectivity index (χ1) is 19.0. The van der Waals surface area contributed by atoms with Crippen molar-refractivity contribution in [1.82, 2.24) is 5.43 Å². The molecule has 0 spiro atoms. The molecule has 0 fully saturated rings. The highest BCUT2D eigenvalue weighted by Gasteiger charge is 2.34. The van der Waals surface area contributed by atoms with Crippen LogP contribution in [0.15, 0.2) is 70.2 Å². The van der Waals surface area contributed by atoms with E-state index in [1.54, 1.807) is 6.92 Å². The van der Waals surface area contributed by atoms with Crippen molar-refractivity contribution in [3.63, 3.8) is 0 Å². The van der Waals surface area contributed by atoms with Gasteiger partial charge in [0.25, 0.3) is 5.91 Å². The van der Waals surface area contributed by atoms with E-state index in [0.717, 1.165) is 24.3 Å². The molecule has 0 aliphatic heterocycles. The van der Waals surface area contributed by atoms with Crippen LogP contribution in [0.3, 0.4) is 0 Å². The number of carbonyl (C=O) groups excluding carboxylic acids is 3. The summed E-state index contributed by atoms with van der Waals surface area (Å²) in [4.78, 5) is 36.2. The highest BCUT2D eigenvalue weighted by Crippen LogP contribution is 2.36. The van der Waals surface area contributed by atoms with E-state index >= 15 is 0 Å². The van der Waals surface area contributed by atoms with E-state index in [4.69, 9.17) is 9.47 Å². The molecule has 40 heavy (non-hydrogen) atoms. The lowest BCUT2D eigenvalue weighted by Crippen LogP contribution is -2.32. The fourth-order valence-corrected chi connectivity index (χ4v) is 3.48. The summed E-state index contributed by atoms with van der Waals surface area (Å²) in [5.74, 6) is -3.11. The zero-order valence-electron chi connectivity index (χ0n) is 20.6. The number of amides is 3. The molecule has 0 aromatic heterocycles. The van der Waals surface area contributed by atoms with Gasteiger partial charge in [0.15, 0.2) is 18.1 Å². The van der Waals surface area contributed by atoms with Gasteiger partial charge in [-0.1, -0.05) is 15.9 Å². The molecule has 0 radical (unpaired) electrons. The Hall–Kier alpha value is -4.46. The molecule has 0 heterocycles. The fraction of sp³-hybridized carbons (Fsp3) is 0.154. The van der Waals surface area contributed by atoms with Crippen molar-refractivity contribution in [2.45, 2.75) is 13.1 Å². The average molecular weight is 625 g/mol. The van der Waals surface area contributed by atoms with Crippen LogP contribution in [0.2, 0.25) is 0 Å². The Bertz CT molecular complexity index is 1420. The third-order valence-corrected chi connectivity index (χ3v) is 5.37. The maximum absolute atomic E-state index is 13.3. The minimum atomic E-state index is -4.68. The van der Waals surface area contributed by atoms with Crippen LogP contribution in [-0.4, -0.2) is 37.1 Å². The number of nitrogens with one attached hydrogen (secondary N) is 3. The van der Waals surface area contributed by atoms with Crippen LogP contribution in [0, 0.1) is 5.82 Å². The van der Waals surface area contributed by atoms with E-state index in [2.05, 4.69) is 31.7 Å². The third kappa shape index (κ3) is 8.80. The molecule has 3 rings (SSSR count). The number of anilines is 2. The van der Waals surface area contributed by atoms with E-state index in [1.165, 1.54) is 42.6 Å². The van der Waals surface area contributed by atoms with Crippen molar-refractivity contribution >= 4 is 51.2 Å². The Morgan fingerprint density at radius 2 is 1.65 bits per heavy atom. The summed E-state index contributed by atoms with van der Waals surface area (Å²) in [5.41, 5.74) is 1.24. The lowest BCUT2D eigenvalue weighted by molar-refractivity contribution is -0.137. The van der Waals surface area contributed by atoms with Gasteiger partial charge in [-0.3, -0.25) is 14.4 Å². The van der Waals surface area contributed by atoms with Crippen LogP contribution < -0.4 is 25.5 Å². The van der Waals surface area contributed by atoms with Crippen molar-refractivity contribution in [1.29, 1.82) is 0 Å². The smallest absolute Gasteiger partial charge is 0.418 e. The number of rotatable bonds is 9. The van der Waals surface area contributed by atoms with Crippen LogP contribution in [0.25, 0.3) is 0 Å². The van der Waals surface area contributed by atoms with Crippen molar-refractivity contribution in [2.24, 2.45) is 5.10 Å². The molecule has 0 unspecified atom stereocenters. The molecule has 210 valence electrons. The Kier molecular flexibility index (Phi) is 10.2. The number of hydrogen-bond acceptors (Lipinski definition) is 6. The van der Waals surface area contributed by atoms with Gasteiger partial charge >= 0.3 is 18.0 Å². The maximum atomic E-state index is 13.3. The van der Waals surface area contributed by atoms with Crippen molar-refractivity contribution in [3.05, 3.63) is 82.1 Å². The van der Waals surface area contributed by atoms with Crippen LogP contribution >= 0.6 is 15.9 Å². The Labute approximate surface area is 233 Å². The molecular formula is C26H21BrF4N4O5. The molecular weight excluding hydrogens is 604 g/mol. The number of ether oxygens (including phenoxy) is 2. The normalized spacial score (nSPS) is 11.2. The summed E-state index contributed by atoms with van der Waals surface area (Å²) in [5, 5.41) is 8.17. The van der Waals surface area contributed by atoms with Gasteiger partial charge in [0.1, 0.15) is 5.82 Å². The second-order valence-corrected chi connectivity index (χ2v) is 8.74. The van der Waals surface area contributed by atoms with Crippen LogP contribution in [-0.2, 0) is 20.6 Å². The van der Waals surface area contributed by atoms with Gasteiger partial charge in [0, 0.05) is 10.2 Å². The van der Waals surface area contributed by atoms with E-state index in [1.807, 2.05) is 5.43 Å². The third-order valence-electron chi connectivity index (χ3n) is 4.88. The van der Waals surface area contributed by atoms with Crippen LogP contribution in [0.5, 0.6) is 11.5 Å². The first-order valence-corrected chi connectivity index (χ1v) is 12.2. The largest absolute Gasteiger partial charge is 0.490 e. The first-order valence-electron chi connectivity index (χ1n) is 11.4. The molecule has 0 aliphatic rings. The Morgan fingerprint density at radius 3 is 2.33 bits per heavy atom. The molecule has 3 aromatic rings. The lowest BCUT2D eigenvalue weighted by Gasteiger charge is -2.15. The number of halogens is 5. The van der Waals surface area contributed by atoms with E-state index in [0.29, 0.717) is 5.56 Å². The summed E-state index contributed by atoms with van der Waals surface area (Å²) < 4.78 is 64.0. The predicted octanol–water partition coefficient (Wildman–Crippen LogP) is 5.11. The molecule has 14 heteroatoms. The highest BCUT2D eigenvalue weighted by molar-refractivity contribution is 9.10. The minimum absolute atomic E-state index is 0.128. The summed E-state index contributed by atoms with van der Waals surface area (Å²) in [6, 6.07) is 12.5. The number of hydrazone groups is 1. The van der Waals surface area contributed by atoms with Crippen molar-refractivity contribution in [2.75, 3.05) is 23.8 Å². The summed E-state index contributed by atoms with van der Waals surface area (Å²) in [7, 11) is 0. The lowest BCUT2D eigenvalue weighted by atomic mass is 10.1. The number of benzene rings is 3. The molecule has 0 aliphatic carbocycles. The molecule has 0 saturated carbocycles. The number of hydrogen-bond donors (Lipinski definition) is 3. The number of carbonyl (C=O) groups is 3. The van der Waals surface area contributed by atoms with Gasteiger partial charge in [-0.15, -0.1) is 0 Å². The molecule has 3 amide bonds. The van der Waals surface area contributed by atoms with Gasteiger partial charge in [-0.25, -0.2) is 9.82 Å². The quantitative estimate of drug-likeness (QED) is 0.132. The molecule has 0 saturated heterocycles. The monoisotopic (exact) mass is 624 g/mol. The predicted molar refractivity (Wildman–Crippen MR) is 142 cm³/mol. The summed E-state index contributed by atoms with van der Waals surface area (Å²) in [6.45, 7) is 1.31. The second kappa shape index (κ2) is 13.6. The SMILES string of the molecule is CCOc1cc(/C=N\NC(=O)C(=O)Nc2ccc(F)cc2)ccc1OCC(=O)Nc1ccc(Br)cc1C(F)(F)F. The maximum Gasteiger partial charge on any atom is 0.418 e. The fourth-order valence-electron chi connectivity index (χ4n) is 3.12. The Balaban J connectivity index is 1.59. The van der Waals surface area contributed by atoms with Gasteiger partial charge in [-0.2, -0.15) is 18.3 Å². The molecule has 0 atom stereocenters. The summed E-state index contributed by atoms with van der Waals surface area (Å²) >= 11 is 2.98. The molecule has 3 N–H and O–H groups in total. The van der Waals surface area contributed by atoms with Gasteiger partial charge < -0.3 is 20.1 Å². The highest BCUT2D eigenvalue weighted by atomic mass is 79.9. The van der Waals surface area contributed by atoms with Gasteiger partial charge in [0.05, 0.1) is 24.1 Å². The molecule has 9 nitrogen and oxygen atoms in total. The molecule has 0 bridgehead atoms. The van der Waals surface area contributed by atoms with E-state index < -0.39 is 47.6 Å². The second-order valence-electron chi connectivity index (χ2n) is 7.82. The van der Waals surface area contributed by atoms with Gasteiger partial charge in [0.2, 0.25) is 0 Å². The van der Waals surface area contributed by atoms with Crippen molar-refractivity contribution < 1.29 is 41.4 Å². The van der Waals surface area contributed by atoms with Crippen molar-refractivity contribution in [3.8, 4) is 11.5 Å². The van der Waals surface area contributed by atoms with E-state index in [-0.39, 0.29) is 28.3 Å². The topological polar surface area (TPSA) is 118 Å². The first kappa shape index (κ1) is 30.1. The zero-order chi connectivity index (χ0) is 29.3. The summed E-state index contributed by atoms with van der Waals surface area (Å²) in [6.07, 6.45) is -3.47. The number of nitrogens with zero attached hydrogens (tertiary/aromatic N) is 1. The zero-order valence-corrected chi connectivity index (χ0v) is 22.2. The van der Waals surface area contributed by atoms with E-state index in [9.17, 15) is 31.9 Å². The van der Waals surface area contributed by atoms with Gasteiger partial charge in [-0.05, 0) is 73.2 Å². The van der Waals surface area contributed by atoms with Crippen LogP contribution in [0.1, 0.15) is 18.1 Å². The Morgan fingerprint density at radius 1 is 0.925 bits per heavy atom. The average Bonchev–Trinajstić information content (AvgIpc) is 2.90. The van der Waals surface area contributed by atoms with Crippen LogP contribution in [0.4, 0.5) is 28.9 Å². The molecule has 3 aromatic carbocycles.